The van der Waals surface area contributed by atoms with E-state index in [1.807, 2.05) is 0 Å². The van der Waals surface area contributed by atoms with Gasteiger partial charge in [0.05, 0.1) is 0 Å². The van der Waals surface area contributed by atoms with Gasteiger partial charge in [0.25, 0.3) is 0 Å². The van der Waals surface area contributed by atoms with E-state index in [0.717, 1.165) is 13.0 Å². The van der Waals surface area contributed by atoms with Gasteiger partial charge in [0, 0.05) is 0 Å². The predicted octanol–water partition coefficient (Wildman–Crippen LogP) is 3.85. The molecule has 0 aliphatic carbocycles. The normalized spacial score (nSPS) is 25.4. The quantitative estimate of drug-likeness (QED) is 0.692. The molecule has 1 atom stereocenters. The minimum atomic E-state index is -2.58. The second-order valence-electron chi connectivity index (χ2n) is 4.68. The van der Waals surface area contributed by atoms with Gasteiger partial charge in [-0.1, -0.05) is 0 Å². The fraction of sp³-hybridized carbons (Fsp3) is 1.00. The Hall–Kier alpha value is 0.719. The molecule has 0 spiro atoms. The Kier molecular flexibility index (Phi) is 6.55. The molecule has 1 unspecified atom stereocenters. The standard InChI is InChI=1S/C4H8O2.2C4H9.Sn/c1-4(6)2-3-5;2*1-3-4-2;/h4H,2-3H2,1H3;2*1,3-4H2,2H3;/q-2;;;+2. The van der Waals surface area contributed by atoms with Gasteiger partial charge in [-0.2, -0.15) is 0 Å². The third-order valence-electron chi connectivity index (χ3n) is 3.13. The molecule has 90 valence electrons. The van der Waals surface area contributed by atoms with E-state index in [0.29, 0.717) is 6.10 Å². The third-order valence-corrected chi connectivity index (χ3v) is 14.0. The van der Waals surface area contributed by atoms with Crippen molar-refractivity contribution in [3.8, 4) is 0 Å². The summed E-state index contributed by atoms with van der Waals surface area (Å²) in [6.45, 7) is 7.69. The number of rotatable bonds is 6. The summed E-state index contributed by atoms with van der Waals surface area (Å²) >= 11 is -2.58. The molecule has 0 aromatic heterocycles. The molecule has 0 saturated carbocycles. The molecular formula is C12H26O2Sn. The molecular weight excluding hydrogens is 295 g/mol. The van der Waals surface area contributed by atoms with Crippen LogP contribution in [0.3, 0.4) is 0 Å². The molecule has 0 bridgehead atoms. The molecule has 0 aromatic carbocycles. The topological polar surface area (TPSA) is 18.5 Å². The Bertz CT molecular complexity index is 165. The van der Waals surface area contributed by atoms with Crippen molar-refractivity contribution in [3.63, 3.8) is 0 Å². The van der Waals surface area contributed by atoms with Crippen molar-refractivity contribution in [1.29, 1.82) is 0 Å². The molecule has 1 fully saturated rings. The second kappa shape index (κ2) is 7.12. The zero-order valence-electron chi connectivity index (χ0n) is 10.6. The van der Waals surface area contributed by atoms with E-state index in [1.165, 1.54) is 34.6 Å². The van der Waals surface area contributed by atoms with Crippen LogP contribution < -0.4 is 0 Å². The van der Waals surface area contributed by atoms with E-state index in [1.54, 1.807) is 0 Å². The van der Waals surface area contributed by atoms with Gasteiger partial charge in [-0.3, -0.25) is 0 Å². The van der Waals surface area contributed by atoms with Gasteiger partial charge in [0.1, 0.15) is 0 Å². The molecule has 1 aliphatic heterocycles. The molecule has 15 heavy (non-hydrogen) atoms. The van der Waals surface area contributed by atoms with Crippen LogP contribution in [-0.2, 0) is 6.15 Å². The first-order valence-electron chi connectivity index (χ1n) is 6.54. The average molecular weight is 321 g/mol. The summed E-state index contributed by atoms with van der Waals surface area (Å²) in [6, 6.07) is 0. The summed E-state index contributed by atoms with van der Waals surface area (Å²) in [5, 5.41) is 0. The van der Waals surface area contributed by atoms with Crippen LogP contribution in [0.2, 0.25) is 8.87 Å². The van der Waals surface area contributed by atoms with E-state index in [4.69, 9.17) is 6.15 Å². The molecule has 2 nitrogen and oxygen atoms in total. The second-order valence-corrected chi connectivity index (χ2v) is 14.2. The molecule has 1 heterocycles. The first kappa shape index (κ1) is 13.8. The number of unbranched alkanes of at least 4 members (excludes halogenated alkanes) is 2. The van der Waals surface area contributed by atoms with Gasteiger partial charge in [0.15, 0.2) is 0 Å². The van der Waals surface area contributed by atoms with Gasteiger partial charge in [-0.15, -0.1) is 0 Å². The van der Waals surface area contributed by atoms with Gasteiger partial charge in [-0.25, -0.2) is 0 Å². The maximum absolute atomic E-state index is 6.27. The van der Waals surface area contributed by atoms with Crippen molar-refractivity contribution in [1.82, 2.24) is 0 Å². The van der Waals surface area contributed by atoms with Crippen molar-refractivity contribution in [2.75, 3.05) is 6.61 Å². The molecule has 0 N–H and O–H groups in total. The Morgan fingerprint density at radius 3 is 2.20 bits per heavy atom. The SMILES string of the molecule is CCC[CH2][Sn]1([CH2]CCC)[O]CCC(C)[O]1. The van der Waals surface area contributed by atoms with Crippen LogP contribution in [0.4, 0.5) is 0 Å². The molecule has 0 radical (unpaired) electrons. The summed E-state index contributed by atoms with van der Waals surface area (Å²) < 4.78 is 14.9. The molecule has 0 amide bonds. The molecule has 3 heteroatoms. The summed E-state index contributed by atoms with van der Waals surface area (Å²) in [5.41, 5.74) is 0. The third kappa shape index (κ3) is 4.61. The maximum atomic E-state index is 6.27. The Balaban J connectivity index is 2.49. The summed E-state index contributed by atoms with van der Waals surface area (Å²) in [6.07, 6.45) is 6.69. The van der Waals surface area contributed by atoms with Crippen LogP contribution in [0.15, 0.2) is 0 Å². The van der Waals surface area contributed by atoms with Crippen molar-refractivity contribution < 1.29 is 6.15 Å². The van der Waals surface area contributed by atoms with Crippen molar-refractivity contribution in [3.05, 3.63) is 0 Å². The van der Waals surface area contributed by atoms with Crippen LogP contribution >= 0.6 is 0 Å². The summed E-state index contributed by atoms with van der Waals surface area (Å²) in [5.74, 6) is 0. The van der Waals surface area contributed by atoms with Crippen LogP contribution in [-0.4, -0.2) is 31.9 Å². The van der Waals surface area contributed by atoms with E-state index >= 15 is 0 Å². The van der Waals surface area contributed by atoms with Crippen LogP contribution in [0.25, 0.3) is 0 Å². The Labute approximate surface area is 99.7 Å². The molecule has 1 aliphatic rings. The van der Waals surface area contributed by atoms with Gasteiger partial charge >= 0.3 is 99.8 Å². The fourth-order valence-electron chi connectivity index (χ4n) is 2.15. The van der Waals surface area contributed by atoms with Gasteiger partial charge < -0.3 is 0 Å². The first-order chi connectivity index (χ1) is 7.22. The fourth-order valence-corrected chi connectivity index (χ4v) is 13.5. The van der Waals surface area contributed by atoms with Crippen LogP contribution in [0.5, 0.6) is 0 Å². The summed E-state index contributed by atoms with van der Waals surface area (Å²) in [4.78, 5) is 0. The summed E-state index contributed by atoms with van der Waals surface area (Å²) in [7, 11) is 0. The number of hydrogen-bond acceptors (Lipinski definition) is 2. The monoisotopic (exact) mass is 322 g/mol. The van der Waals surface area contributed by atoms with Crippen molar-refractivity contribution in [2.24, 2.45) is 0 Å². The van der Waals surface area contributed by atoms with E-state index in [2.05, 4.69) is 20.8 Å². The first-order valence-corrected chi connectivity index (χ1v) is 12.9. The van der Waals surface area contributed by atoms with Gasteiger partial charge in [0.2, 0.25) is 0 Å². The van der Waals surface area contributed by atoms with E-state index in [9.17, 15) is 0 Å². The average Bonchev–Trinajstić information content (AvgIpc) is 2.24. The Morgan fingerprint density at radius 2 is 1.73 bits per heavy atom. The van der Waals surface area contributed by atoms with Crippen molar-refractivity contribution in [2.45, 2.75) is 67.9 Å². The zero-order valence-corrected chi connectivity index (χ0v) is 13.4. The molecule has 0 aromatic rings. The molecule has 1 saturated heterocycles. The van der Waals surface area contributed by atoms with Crippen molar-refractivity contribution >= 4 is 19.2 Å². The van der Waals surface area contributed by atoms with Crippen LogP contribution in [0, 0.1) is 0 Å². The van der Waals surface area contributed by atoms with Gasteiger partial charge in [-0.05, 0) is 0 Å². The van der Waals surface area contributed by atoms with E-state index < -0.39 is 19.2 Å². The van der Waals surface area contributed by atoms with E-state index in [-0.39, 0.29) is 0 Å². The Morgan fingerprint density at radius 1 is 1.13 bits per heavy atom. The zero-order chi connectivity index (χ0) is 11.1. The number of hydrogen-bond donors (Lipinski definition) is 0. The van der Waals surface area contributed by atoms with Crippen LogP contribution in [0.1, 0.15) is 52.9 Å². The minimum absolute atomic E-state index is 0.461. The predicted molar refractivity (Wildman–Crippen MR) is 66.3 cm³/mol. The molecule has 1 rings (SSSR count).